The second-order valence-electron chi connectivity index (χ2n) is 7.38. The normalized spacial score (nSPS) is 11.5. The van der Waals surface area contributed by atoms with Crippen molar-refractivity contribution in [3.05, 3.63) is 65.1 Å². The molecule has 174 valence electrons. The molecule has 1 amide bonds. The van der Waals surface area contributed by atoms with E-state index in [2.05, 4.69) is 15.3 Å². The van der Waals surface area contributed by atoms with Gasteiger partial charge in [0.05, 0.1) is 23.9 Å². The lowest BCUT2D eigenvalue weighted by atomic mass is 10.0. The van der Waals surface area contributed by atoms with Crippen LogP contribution in [0.15, 0.2) is 47.5 Å². The zero-order chi connectivity index (χ0) is 24.3. The molecule has 1 N–H and O–H groups in total. The van der Waals surface area contributed by atoms with Gasteiger partial charge < -0.3 is 10.1 Å². The first kappa shape index (κ1) is 24.5. The highest BCUT2D eigenvalue weighted by atomic mass is 32.2. The van der Waals surface area contributed by atoms with Gasteiger partial charge in [-0.2, -0.15) is 13.2 Å². The highest BCUT2D eigenvalue weighted by Crippen LogP contribution is 2.34. The van der Waals surface area contributed by atoms with Crippen LogP contribution in [0.4, 0.5) is 23.2 Å². The molecule has 0 spiro atoms. The van der Waals surface area contributed by atoms with Gasteiger partial charge >= 0.3 is 6.18 Å². The Balaban J connectivity index is 2.08. The molecule has 5 nitrogen and oxygen atoms in total. The fourth-order valence-corrected chi connectivity index (χ4v) is 3.69. The van der Waals surface area contributed by atoms with Crippen molar-refractivity contribution in [2.24, 2.45) is 0 Å². The second kappa shape index (κ2) is 9.78. The number of ether oxygens (including phenoxy) is 1. The first-order chi connectivity index (χ1) is 15.5. The summed E-state index contributed by atoms with van der Waals surface area (Å²) in [5.41, 5.74) is -0.190. The Morgan fingerprint density at radius 2 is 1.76 bits per heavy atom. The van der Waals surface area contributed by atoms with Crippen LogP contribution in [0.3, 0.4) is 0 Å². The van der Waals surface area contributed by atoms with Crippen molar-refractivity contribution in [2.45, 2.75) is 31.0 Å². The zero-order valence-electron chi connectivity index (χ0n) is 18.2. The number of alkyl halides is 3. The van der Waals surface area contributed by atoms with Crippen LogP contribution in [0.1, 0.15) is 41.4 Å². The van der Waals surface area contributed by atoms with E-state index in [-0.39, 0.29) is 27.9 Å². The molecule has 0 aliphatic heterocycles. The van der Waals surface area contributed by atoms with E-state index in [0.29, 0.717) is 23.2 Å². The predicted octanol–water partition coefficient (Wildman–Crippen LogP) is 6.41. The summed E-state index contributed by atoms with van der Waals surface area (Å²) >= 11 is 1.15. The van der Waals surface area contributed by atoms with Crippen LogP contribution >= 0.6 is 11.8 Å². The number of hydrogen-bond acceptors (Lipinski definition) is 5. The molecule has 10 heteroatoms. The van der Waals surface area contributed by atoms with Crippen LogP contribution in [0.5, 0.6) is 5.75 Å². The summed E-state index contributed by atoms with van der Waals surface area (Å²) in [4.78, 5) is 21.8. The van der Waals surface area contributed by atoms with E-state index >= 15 is 0 Å². The average molecular weight is 479 g/mol. The van der Waals surface area contributed by atoms with E-state index in [0.717, 1.165) is 23.9 Å². The molecule has 33 heavy (non-hydrogen) atoms. The van der Waals surface area contributed by atoms with Gasteiger partial charge in [0.15, 0.2) is 5.82 Å². The van der Waals surface area contributed by atoms with Crippen molar-refractivity contribution in [3.63, 3.8) is 0 Å². The maximum atomic E-state index is 14.0. The minimum Gasteiger partial charge on any atom is -0.497 e. The van der Waals surface area contributed by atoms with Crippen LogP contribution in [-0.4, -0.2) is 29.2 Å². The molecule has 3 aromatic rings. The summed E-state index contributed by atoms with van der Waals surface area (Å²) in [6, 6.07) is 8.88. The molecule has 0 bridgehead atoms. The predicted molar refractivity (Wildman–Crippen MR) is 119 cm³/mol. The topological polar surface area (TPSA) is 64.1 Å². The third kappa shape index (κ3) is 5.62. The molecule has 1 aromatic heterocycles. The van der Waals surface area contributed by atoms with Crippen molar-refractivity contribution in [1.82, 2.24) is 9.97 Å². The number of halogens is 4. The number of carbonyl (C=O) groups excluding carboxylic acids is 1. The number of carbonyl (C=O) groups is 1. The summed E-state index contributed by atoms with van der Waals surface area (Å²) in [6.45, 7) is 3.60. The molecule has 0 aliphatic carbocycles. The van der Waals surface area contributed by atoms with Gasteiger partial charge in [0.2, 0.25) is 0 Å². The quantitative estimate of drug-likeness (QED) is 0.252. The molecule has 0 unspecified atom stereocenters. The Kier molecular flexibility index (Phi) is 7.26. The van der Waals surface area contributed by atoms with E-state index in [9.17, 15) is 22.4 Å². The fourth-order valence-electron chi connectivity index (χ4n) is 3.12. The first-order valence-corrected chi connectivity index (χ1v) is 11.1. The largest absolute Gasteiger partial charge is 0.497 e. The van der Waals surface area contributed by atoms with Crippen molar-refractivity contribution >= 4 is 23.4 Å². The molecule has 2 aromatic carbocycles. The monoisotopic (exact) mass is 479 g/mol. The highest BCUT2D eigenvalue weighted by Gasteiger charge is 2.32. The van der Waals surface area contributed by atoms with Crippen molar-refractivity contribution in [2.75, 3.05) is 18.7 Å². The van der Waals surface area contributed by atoms with Crippen LogP contribution < -0.4 is 10.1 Å². The van der Waals surface area contributed by atoms with Crippen LogP contribution in [0.2, 0.25) is 0 Å². The van der Waals surface area contributed by atoms with E-state index in [1.165, 1.54) is 7.11 Å². The lowest BCUT2D eigenvalue weighted by Crippen LogP contribution is -2.19. The maximum Gasteiger partial charge on any atom is 0.416 e. The Hall–Kier alpha value is -3.14. The fraction of sp³-hybridized carbons (Fsp3) is 0.261. The molecule has 0 saturated heterocycles. The summed E-state index contributed by atoms with van der Waals surface area (Å²) in [5, 5.41) is 3.05. The third-order valence-corrected chi connectivity index (χ3v) is 5.38. The van der Waals surface area contributed by atoms with Crippen LogP contribution in [0, 0.1) is 5.82 Å². The molecule has 0 radical (unpaired) electrons. The number of nitrogens with one attached hydrogen (secondary N) is 1. The summed E-state index contributed by atoms with van der Waals surface area (Å²) in [6.07, 6.45) is -3.04. The molecule has 0 atom stereocenters. The number of methoxy groups -OCH3 is 1. The minimum atomic E-state index is -4.72. The highest BCUT2D eigenvalue weighted by molar-refractivity contribution is 7.98. The van der Waals surface area contributed by atoms with Crippen LogP contribution in [-0.2, 0) is 6.18 Å². The van der Waals surface area contributed by atoms with Gasteiger partial charge in [-0.25, -0.2) is 14.4 Å². The van der Waals surface area contributed by atoms with Crippen molar-refractivity contribution < 1.29 is 27.1 Å². The Morgan fingerprint density at radius 1 is 1.09 bits per heavy atom. The summed E-state index contributed by atoms with van der Waals surface area (Å²) < 4.78 is 58.6. The molecular formula is C23H21F4N3O2S. The smallest absolute Gasteiger partial charge is 0.416 e. The molecule has 0 fully saturated rings. The number of amides is 1. The van der Waals surface area contributed by atoms with Crippen molar-refractivity contribution in [3.8, 4) is 17.1 Å². The Labute approximate surface area is 192 Å². The van der Waals surface area contributed by atoms with Crippen molar-refractivity contribution in [1.29, 1.82) is 0 Å². The Bertz CT molecular complexity index is 1170. The summed E-state index contributed by atoms with van der Waals surface area (Å²) in [5.74, 6) is -1.24. The standard InChI is InChI=1S/C23H21F4N3O2S/c1-12(2)19-18(21(31)28-16-5-7-17(32-3)8-6-16)22(33-4)30-20(29-19)13-9-14(23(25,26)27)11-15(24)10-13/h5-12H,1-4H3,(H,28,31). The zero-order valence-corrected chi connectivity index (χ0v) is 19.1. The molecular weight excluding hydrogens is 458 g/mol. The van der Waals surface area contributed by atoms with E-state index < -0.39 is 23.5 Å². The van der Waals surface area contributed by atoms with Gasteiger partial charge in [0, 0.05) is 11.3 Å². The Morgan fingerprint density at radius 3 is 2.30 bits per heavy atom. The lowest BCUT2D eigenvalue weighted by Gasteiger charge is -2.17. The van der Waals surface area contributed by atoms with Gasteiger partial charge in [0.25, 0.3) is 5.91 Å². The number of hydrogen-bond donors (Lipinski definition) is 1. The van der Waals surface area contributed by atoms with Gasteiger partial charge in [0.1, 0.15) is 16.6 Å². The number of thioether (sulfide) groups is 1. The molecule has 0 aliphatic rings. The van der Waals surface area contributed by atoms with Gasteiger partial charge in [-0.05, 0) is 54.6 Å². The van der Waals surface area contributed by atoms with E-state index in [4.69, 9.17) is 4.74 Å². The van der Waals surface area contributed by atoms with E-state index in [1.807, 2.05) is 0 Å². The van der Waals surface area contributed by atoms with Gasteiger partial charge in [-0.3, -0.25) is 4.79 Å². The number of anilines is 1. The second-order valence-corrected chi connectivity index (χ2v) is 8.18. The number of rotatable bonds is 6. The minimum absolute atomic E-state index is 0.0888. The van der Waals surface area contributed by atoms with Crippen LogP contribution in [0.25, 0.3) is 11.4 Å². The lowest BCUT2D eigenvalue weighted by molar-refractivity contribution is -0.137. The molecule has 0 saturated carbocycles. The van der Waals surface area contributed by atoms with Gasteiger partial charge in [-0.1, -0.05) is 13.8 Å². The third-order valence-electron chi connectivity index (χ3n) is 4.70. The number of nitrogens with zero attached hydrogens (tertiary/aromatic N) is 2. The average Bonchev–Trinajstić information content (AvgIpc) is 2.77. The number of benzene rings is 2. The maximum absolute atomic E-state index is 14.0. The molecule has 1 heterocycles. The SMILES string of the molecule is COc1ccc(NC(=O)c2c(SC)nc(-c3cc(F)cc(C(F)(F)F)c3)nc2C(C)C)cc1. The summed E-state index contributed by atoms with van der Waals surface area (Å²) in [7, 11) is 1.53. The first-order valence-electron chi connectivity index (χ1n) is 9.83. The molecule has 3 rings (SSSR count). The number of aromatic nitrogens is 2. The van der Waals surface area contributed by atoms with Gasteiger partial charge in [-0.15, -0.1) is 11.8 Å². The van der Waals surface area contributed by atoms with E-state index in [1.54, 1.807) is 44.4 Å².